The van der Waals surface area contributed by atoms with Crippen LogP contribution in [0.5, 0.6) is 0 Å². The molecule has 2 atom stereocenters. The summed E-state index contributed by atoms with van der Waals surface area (Å²) in [5, 5.41) is 47.1. The highest BCUT2D eigenvalue weighted by atomic mass is 35.5. The molecule has 0 spiro atoms. The SMILES string of the molecule is CN(CC1Nc2cc(Cl)c(S(N)(=O)=O)cc2S(=O)(=O)N1)C(=O)c1cc2c3c(cccc3c1)C(C(O[N+](=O)[O-])O[N+](=O)[O-])C=C2C(O[N+](=O)[O-])O[N+](=O)[O-]. The Balaban J connectivity index is 1.56. The fourth-order valence-electron chi connectivity index (χ4n) is 5.71. The summed E-state index contributed by atoms with van der Waals surface area (Å²) < 4.78 is 52.1. The molecule has 1 aliphatic heterocycles. The molecule has 0 saturated carbocycles. The number of nitrogens with two attached hydrogens (primary N) is 1. The van der Waals surface area contributed by atoms with Crippen molar-refractivity contribution in [3.63, 3.8) is 0 Å². The van der Waals surface area contributed by atoms with Crippen molar-refractivity contribution in [3.05, 3.63) is 111 Å². The zero-order valence-corrected chi connectivity index (χ0v) is 28.5. The number of carbonyl (C=O) groups is 1. The van der Waals surface area contributed by atoms with Crippen molar-refractivity contribution >= 4 is 59.6 Å². The second-order valence-electron chi connectivity index (χ2n) is 11.0. The smallest absolute Gasteiger partial charge is 0.297 e. The summed E-state index contributed by atoms with van der Waals surface area (Å²) >= 11 is 6.03. The Hall–Kier alpha value is -6.16. The molecule has 4 N–H and O–H groups in total. The molecule has 3 aromatic carbocycles. The molecule has 1 aliphatic carbocycles. The van der Waals surface area contributed by atoms with Gasteiger partial charge in [0, 0.05) is 18.2 Å². The lowest BCUT2D eigenvalue weighted by atomic mass is 9.80. The van der Waals surface area contributed by atoms with Gasteiger partial charge in [0.15, 0.2) is 0 Å². The Kier molecular flexibility index (Phi) is 10.1. The lowest BCUT2D eigenvalue weighted by molar-refractivity contribution is -0.852. The molecule has 2 unspecified atom stereocenters. The number of anilines is 1. The van der Waals surface area contributed by atoms with E-state index in [-0.39, 0.29) is 33.2 Å². The van der Waals surface area contributed by atoms with Crippen LogP contribution in [0.25, 0.3) is 16.3 Å². The van der Waals surface area contributed by atoms with E-state index in [1.165, 1.54) is 31.3 Å². The van der Waals surface area contributed by atoms with Gasteiger partial charge in [-0.3, -0.25) is 24.1 Å². The minimum absolute atomic E-state index is 0.0204. The predicted molar refractivity (Wildman–Crippen MR) is 172 cm³/mol. The monoisotopic (exact) mass is 804 g/mol. The van der Waals surface area contributed by atoms with E-state index in [1.54, 1.807) is 0 Å². The second kappa shape index (κ2) is 14.1. The van der Waals surface area contributed by atoms with Gasteiger partial charge in [-0.2, -0.15) is 4.72 Å². The summed E-state index contributed by atoms with van der Waals surface area (Å²) in [7, 11) is -7.56. The highest BCUT2D eigenvalue weighted by Gasteiger charge is 2.39. The molecule has 282 valence electrons. The minimum atomic E-state index is -4.41. The molecular weight excluding hydrogens is 784 g/mol. The maximum atomic E-state index is 13.8. The summed E-state index contributed by atoms with van der Waals surface area (Å²) in [4.78, 5) is 76.4. The number of benzene rings is 3. The van der Waals surface area contributed by atoms with Gasteiger partial charge in [0.2, 0.25) is 20.0 Å². The van der Waals surface area contributed by atoms with Gasteiger partial charge in [0.25, 0.3) is 38.8 Å². The summed E-state index contributed by atoms with van der Waals surface area (Å²) in [6, 6.07) is 8.26. The topological polar surface area (TPSA) is 348 Å². The molecule has 0 bridgehead atoms. The molecule has 0 fully saturated rings. The Bertz CT molecular complexity index is 2310. The van der Waals surface area contributed by atoms with E-state index >= 15 is 0 Å². The fraction of sp³-hybridized carbons (Fsp3) is 0.240. The van der Waals surface area contributed by atoms with Crippen molar-refractivity contribution in [2.75, 3.05) is 18.9 Å². The molecule has 3 aromatic rings. The Morgan fingerprint density at radius 2 is 1.58 bits per heavy atom. The highest BCUT2D eigenvalue weighted by molar-refractivity contribution is 7.90. The van der Waals surface area contributed by atoms with Gasteiger partial charge in [-0.05, 0) is 46.2 Å². The van der Waals surface area contributed by atoms with E-state index in [9.17, 15) is 62.1 Å². The Labute approximate surface area is 299 Å². The Morgan fingerprint density at radius 3 is 2.15 bits per heavy atom. The number of hydrogen-bond acceptors (Lipinski definition) is 18. The van der Waals surface area contributed by atoms with Gasteiger partial charge < -0.3 is 10.2 Å². The maximum Gasteiger partial charge on any atom is 0.297 e. The van der Waals surface area contributed by atoms with Crippen molar-refractivity contribution in [1.82, 2.24) is 9.62 Å². The number of nitrogens with one attached hydrogen (secondary N) is 2. The molecule has 28 heteroatoms. The van der Waals surface area contributed by atoms with Gasteiger partial charge in [0.05, 0.1) is 23.2 Å². The number of fused-ring (bicyclic) bond motifs is 1. The van der Waals surface area contributed by atoms with Crippen molar-refractivity contribution < 1.29 is 61.3 Å². The number of rotatable bonds is 14. The number of primary sulfonamides is 1. The van der Waals surface area contributed by atoms with Crippen LogP contribution in [0.1, 0.15) is 27.4 Å². The number of likely N-dealkylation sites (N-methyl/N-ethyl adjacent to an activating group) is 1. The summed E-state index contributed by atoms with van der Waals surface area (Å²) in [5.74, 6) is -2.48. The number of halogens is 1. The lowest BCUT2D eigenvalue weighted by Gasteiger charge is -2.32. The van der Waals surface area contributed by atoms with Crippen molar-refractivity contribution in [1.29, 1.82) is 0 Å². The third-order valence-electron chi connectivity index (χ3n) is 7.64. The van der Waals surface area contributed by atoms with Crippen LogP contribution in [0.4, 0.5) is 5.69 Å². The standard InChI is InChI=1S/C25H21ClN8O17S2/c1-30(10-21-28-18-8-17(26)19(52(27,44)45)9-20(18)53(46,47)29-21)23(35)12-5-11-3-2-4-13-15(24(48-31(36)37)49-32(38)39)7-16(14(6-12)22(11)13)25(50-33(40)41)51-34(42)43/h2-9,15,21,24-25,28-29H,10H2,1H3,(H2,27,44,45). The first kappa shape index (κ1) is 38.1. The molecule has 0 aromatic heterocycles. The summed E-state index contributed by atoms with van der Waals surface area (Å²) in [6.45, 7) is -0.403. The quantitative estimate of drug-likeness (QED) is 0.116. The van der Waals surface area contributed by atoms with Crippen LogP contribution in [-0.4, -0.2) is 80.3 Å². The zero-order valence-electron chi connectivity index (χ0n) is 26.1. The first-order valence-electron chi connectivity index (χ1n) is 14.1. The van der Waals surface area contributed by atoms with E-state index in [1.807, 2.05) is 0 Å². The number of hydrogen-bond donors (Lipinski definition) is 3. The molecule has 53 heavy (non-hydrogen) atoms. The molecule has 2 aliphatic rings. The third kappa shape index (κ3) is 8.02. The molecular formula is C25H21ClN8O17S2. The molecule has 0 saturated heterocycles. The summed E-state index contributed by atoms with van der Waals surface area (Å²) in [6.07, 6.45) is -5.26. The molecule has 1 heterocycles. The van der Waals surface area contributed by atoms with Gasteiger partial charge in [-0.1, -0.05) is 35.9 Å². The number of sulfonamides is 2. The fourth-order valence-corrected chi connectivity index (χ4v) is 8.20. The van der Waals surface area contributed by atoms with E-state index in [0.29, 0.717) is 0 Å². The zero-order chi connectivity index (χ0) is 39.2. The van der Waals surface area contributed by atoms with Gasteiger partial charge in [-0.15, -0.1) is 40.5 Å². The maximum absolute atomic E-state index is 13.8. The van der Waals surface area contributed by atoms with E-state index in [4.69, 9.17) is 16.7 Å². The average molecular weight is 805 g/mol. The predicted octanol–water partition coefficient (Wildman–Crippen LogP) is 0.909. The van der Waals surface area contributed by atoms with Crippen LogP contribution in [0.15, 0.2) is 58.3 Å². The molecule has 0 radical (unpaired) electrons. The highest BCUT2D eigenvalue weighted by Crippen LogP contribution is 2.44. The van der Waals surface area contributed by atoms with E-state index in [2.05, 4.69) is 29.4 Å². The normalized spacial score (nSPS) is 17.2. The first-order valence-corrected chi connectivity index (χ1v) is 17.5. The number of carbonyl (C=O) groups excluding carboxylic acids is 1. The molecule has 1 amide bonds. The first-order chi connectivity index (χ1) is 24.7. The van der Waals surface area contributed by atoms with Crippen LogP contribution in [0.2, 0.25) is 5.02 Å². The molecule has 5 rings (SSSR count). The van der Waals surface area contributed by atoms with Crippen LogP contribution < -0.4 is 15.2 Å². The lowest BCUT2D eigenvalue weighted by Crippen LogP contribution is -2.51. The second-order valence-corrected chi connectivity index (χ2v) is 14.6. The average Bonchev–Trinajstić information content (AvgIpc) is 3.01. The van der Waals surface area contributed by atoms with Crippen LogP contribution in [0.3, 0.4) is 0 Å². The number of amides is 1. The van der Waals surface area contributed by atoms with Gasteiger partial charge in [0.1, 0.15) is 16.0 Å². The van der Waals surface area contributed by atoms with E-state index in [0.717, 1.165) is 29.2 Å². The van der Waals surface area contributed by atoms with Crippen molar-refractivity contribution in [3.8, 4) is 0 Å². The largest absolute Gasteiger partial charge is 0.366 e. The molecule has 25 nitrogen and oxygen atoms in total. The van der Waals surface area contributed by atoms with Crippen molar-refractivity contribution in [2.45, 2.75) is 34.5 Å². The van der Waals surface area contributed by atoms with Crippen molar-refractivity contribution in [2.24, 2.45) is 5.14 Å². The summed E-state index contributed by atoms with van der Waals surface area (Å²) in [5.41, 5.74) is -1.08. The Morgan fingerprint density at radius 1 is 0.981 bits per heavy atom. The van der Waals surface area contributed by atoms with Crippen LogP contribution >= 0.6 is 11.6 Å². The van der Waals surface area contributed by atoms with Gasteiger partial charge >= 0.3 is 0 Å². The minimum Gasteiger partial charge on any atom is -0.366 e. The van der Waals surface area contributed by atoms with Crippen LogP contribution in [0, 0.1) is 40.5 Å². The van der Waals surface area contributed by atoms with Gasteiger partial charge in [-0.25, -0.2) is 22.0 Å². The number of nitrogens with zero attached hydrogens (tertiary/aromatic N) is 5. The third-order valence-corrected chi connectivity index (χ3v) is 10.5. The van der Waals surface area contributed by atoms with Crippen LogP contribution in [-0.2, 0) is 39.4 Å². The van der Waals surface area contributed by atoms with E-state index < -0.39 is 97.9 Å².